The van der Waals surface area contributed by atoms with Crippen LogP contribution in [0.1, 0.15) is 23.5 Å². The molecule has 0 aliphatic heterocycles. The first-order valence-corrected chi connectivity index (χ1v) is 4.32. The van der Waals surface area contributed by atoms with Gasteiger partial charge in [0.2, 0.25) is 0 Å². The van der Waals surface area contributed by atoms with Crippen LogP contribution in [0.25, 0.3) is 0 Å². The van der Waals surface area contributed by atoms with Gasteiger partial charge in [-0.15, -0.1) is 11.3 Å². The van der Waals surface area contributed by atoms with Gasteiger partial charge < -0.3 is 4.84 Å². The van der Waals surface area contributed by atoms with Gasteiger partial charge in [0.1, 0.15) is 0 Å². The van der Waals surface area contributed by atoms with E-state index >= 15 is 0 Å². The molecule has 0 aliphatic rings. The number of thiazole rings is 1. The van der Waals surface area contributed by atoms with Crippen molar-refractivity contribution in [1.82, 2.24) is 10.5 Å². The van der Waals surface area contributed by atoms with Gasteiger partial charge in [-0.05, 0) is 13.8 Å². The van der Waals surface area contributed by atoms with Gasteiger partial charge >= 0.3 is 0 Å². The topological polar surface area (TPSA) is 34.1 Å². The van der Waals surface area contributed by atoms with Crippen LogP contribution in [0.5, 0.6) is 0 Å². The lowest BCUT2D eigenvalue weighted by Gasteiger charge is -2.09. The highest BCUT2D eigenvalue weighted by molar-refractivity contribution is 7.09. The van der Waals surface area contributed by atoms with Crippen LogP contribution in [0.15, 0.2) is 5.51 Å². The second-order valence-electron chi connectivity index (χ2n) is 2.35. The Labute approximate surface area is 70.4 Å². The molecule has 0 saturated heterocycles. The van der Waals surface area contributed by atoms with E-state index in [0.717, 1.165) is 5.69 Å². The molecule has 1 N–H and O–H groups in total. The largest absolute Gasteiger partial charge is 0.305 e. The SMILES string of the molecule is CONC(C)c1scnc1C. The van der Waals surface area contributed by atoms with Crippen molar-refractivity contribution in [3.63, 3.8) is 0 Å². The summed E-state index contributed by atoms with van der Waals surface area (Å²) in [7, 11) is 1.62. The van der Waals surface area contributed by atoms with Gasteiger partial charge in [0, 0.05) is 4.88 Å². The van der Waals surface area contributed by atoms with Gasteiger partial charge in [-0.25, -0.2) is 4.98 Å². The van der Waals surface area contributed by atoms with E-state index in [1.165, 1.54) is 4.88 Å². The van der Waals surface area contributed by atoms with E-state index < -0.39 is 0 Å². The van der Waals surface area contributed by atoms with Gasteiger partial charge in [0.25, 0.3) is 0 Å². The average Bonchev–Trinajstić information content (AvgIpc) is 2.36. The van der Waals surface area contributed by atoms with E-state index in [2.05, 4.69) is 10.5 Å². The number of nitrogens with zero attached hydrogens (tertiary/aromatic N) is 1. The summed E-state index contributed by atoms with van der Waals surface area (Å²) in [4.78, 5) is 10.2. The number of hydroxylamine groups is 1. The molecule has 62 valence electrons. The van der Waals surface area contributed by atoms with Gasteiger partial charge in [-0.3, -0.25) is 0 Å². The lowest BCUT2D eigenvalue weighted by Crippen LogP contribution is -2.16. The molecule has 1 rings (SSSR count). The summed E-state index contributed by atoms with van der Waals surface area (Å²) >= 11 is 1.64. The van der Waals surface area contributed by atoms with E-state index in [-0.39, 0.29) is 6.04 Å². The first-order chi connectivity index (χ1) is 5.25. The number of hydrogen-bond acceptors (Lipinski definition) is 4. The summed E-state index contributed by atoms with van der Waals surface area (Å²) < 4.78 is 0. The quantitative estimate of drug-likeness (QED) is 0.704. The van der Waals surface area contributed by atoms with Crippen molar-refractivity contribution >= 4 is 11.3 Å². The molecule has 1 heterocycles. The molecule has 3 nitrogen and oxygen atoms in total. The van der Waals surface area contributed by atoms with Gasteiger partial charge in [0.05, 0.1) is 24.4 Å². The fourth-order valence-corrected chi connectivity index (χ4v) is 1.76. The Balaban J connectivity index is 2.67. The highest BCUT2D eigenvalue weighted by Gasteiger charge is 2.09. The Bertz CT molecular complexity index is 224. The third-order valence-electron chi connectivity index (χ3n) is 1.47. The predicted octanol–water partition coefficient (Wildman–Crippen LogP) is 1.66. The maximum absolute atomic E-state index is 4.81. The zero-order valence-electron chi connectivity index (χ0n) is 6.92. The molecule has 0 aromatic carbocycles. The number of nitrogens with one attached hydrogen (secondary N) is 1. The summed E-state index contributed by atoms with van der Waals surface area (Å²) in [5.74, 6) is 0. The van der Waals surface area contributed by atoms with Crippen LogP contribution in [-0.2, 0) is 4.84 Å². The monoisotopic (exact) mass is 172 g/mol. The van der Waals surface area contributed by atoms with Crippen LogP contribution in [0, 0.1) is 6.92 Å². The molecule has 0 spiro atoms. The Hall–Kier alpha value is -0.450. The molecule has 0 saturated carbocycles. The normalized spacial score (nSPS) is 13.4. The van der Waals surface area contributed by atoms with E-state index in [9.17, 15) is 0 Å². The lowest BCUT2D eigenvalue weighted by atomic mass is 10.2. The fourth-order valence-electron chi connectivity index (χ4n) is 0.957. The number of hydrogen-bond donors (Lipinski definition) is 1. The van der Waals surface area contributed by atoms with Crippen molar-refractivity contribution in [3.8, 4) is 0 Å². The minimum absolute atomic E-state index is 0.229. The van der Waals surface area contributed by atoms with Crippen molar-refractivity contribution in [3.05, 3.63) is 16.1 Å². The van der Waals surface area contributed by atoms with Crippen LogP contribution < -0.4 is 5.48 Å². The Morgan fingerprint density at radius 1 is 1.73 bits per heavy atom. The predicted molar refractivity (Wildman–Crippen MR) is 45.4 cm³/mol. The molecule has 0 fully saturated rings. The molecule has 0 aliphatic carbocycles. The molecule has 4 heteroatoms. The third-order valence-corrected chi connectivity index (χ3v) is 2.58. The molecule has 0 radical (unpaired) electrons. The van der Waals surface area contributed by atoms with E-state index in [4.69, 9.17) is 4.84 Å². The molecule has 1 aromatic rings. The molecule has 0 bridgehead atoms. The molecule has 0 amide bonds. The molecule has 1 unspecified atom stereocenters. The number of rotatable bonds is 3. The van der Waals surface area contributed by atoms with Crippen molar-refractivity contribution in [1.29, 1.82) is 0 Å². The van der Waals surface area contributed by atoms with Crippen LogP contribution in [0.4, 0.5) is 0 Å². The summed E-state index contributed by atoms with van der Waals surface area (Å²) in [6.45, 7) is 4.05. The minimum atomic E-state index is 0.229. The summed E-state index contributed by atoms with van der Waals surface area (Å²) in [6, 6.07) is 0.229. The van der Waals surface area contributed by atoms with Crippen molar-refractivity contribution in [2.75, 3.05) is 7.11 Å². The maximum Gasteiger partial charge on any atom is 0.0798 e. The summed E-state index contributed by atoms with van der Waals surface area (Å²) in [5, 5.41) is 0. The standard InChI is InChI=1S/C7H12N2OS/c1-5-7(11-4-8-5)6(2)9-10-3/h4,6,9H,1-3H3. The summed E-state index contributed by atoms with van der Waals surface area (Å²) in [5.41, 5.74) is 5.78. The second kappa shape index (κ2) is 3.80. The summed E-state index contributed by atoms with van der Waals surface area (Å²) in [6.07, 6.45) is 0. The van der Waals surface area contributed by atoms with Gasteiger partial charge in [0.15, 0.2) is 0 Å². The third kappa shape index (κ3) is 1.99. The van der Waals surface area contributed by atoms with Crippen molar-refractivity contribution < 1.29 is 4.84 Å². The smallest absolute Gasteiger partial charge is 0.0798 e. The number of aromatic nitrogens is 1. The highest BCUT2D eigenvalue weighted by atomic mass is 32.1. The zero-order valence-corrected chi connectivity index (χ0v) is 7.73. The lowest BCUT2D eigenvalue weighted by molar-refractivity contribution is 0.0666. The van der Waals surface area contributed by atoms with Crippen molar-refractivity contribution in [2.24, 2.45) is 0 Å². The molecule has 11 heavy (non-hydrogen) atoms. The Morgan fingerprint density at radius 2 is 2.45 bits per heavy atom. The van der Waals surface area contributed by atoms with E-state index in [1.54, 1.807) is 18.4 Å². The highest BCUT2D eigenvalue weighted by Crippen LogP contribution is 2.20. The zero-order chi connectivity index (χ0) is 8.27. The Kier molecular flexibility index (Phi) is 2.99. The van der Waals surface area contributed by atoms with Crippen LogP contribution >= 0.6 is 11.3 Å². The maximum atomic E-state index is 4.81. The van der Waals surface area contributed by atoms with Gasteiger partial charge in [-0.1, -0.05) is 0 Å². The Morgan fingerprint density at radius 3 is 2.91 bits per heavy atom. The molecular formula is C7H12N2OS. The first kappa shape index (κ1) is 8.64. The second-order valence-corrected chi connectivity index (χ2v) is 3.23. The van der Waals surface area contributed by atoms with Gasteiger partial charge in [-0.2, -0.15) is 5.48 Å². The van der Waals surface area contributed by atoms with Crippen LogP contribution in [-0.4, -0.2) is 12.1 Å². The first-order valence-electron chi connectivity index (χ1n) is 3.44. The van der Waals surface area contributed by atoms with E-state index in [1.807, 2.05) is 19.4 Å². The molecule has 1 aromatic heterocycles. The van der Waals surface area contributed by atoms with E-state index in [0.29, 0.717) is 0 Å². The minimum Gasteiger partial charge on any atom is -0.305 e. The van der Waals surface area contributed by atoms with Crippen LogP contribution in [0.2, 0.25) is 0 Å². The fraction of sp³-hybridized carbons (Fsp3) is 0.571. The number of aryl methyl sites for hydroxylation is 1. The average molecular weight is 172 g/mol. The van der Waals surface area contributed by atoms with Crippen molar-refractivity contribution in [2.45, 2.75) is 19.9 Å². The molecular weight excluding hydrogens is 160 g/mol. The molecule has 1 atom stereocenters. The van der Waals surface area contributed by atoms with Crippen LogP contribution in [0.3, 0.4) is 0 Å².